The highest BCUT2D eigenvalue weighted by molar-refractivity contribution is 5.93. The van der Waals surface area contributed by atoms with Crippen molar-refractivity contribution >= 4 is 22.4 Å². The minimum atomic E-state index is -0.548. The summed E-state index contributed by atoms with van der Waals surface area (Å²) in [5.74, 6) is 0.518. The summed E-state index contributed by atoms with van der Waals surface area (Å²) in [7, 11) is 0. The maximum Gasteiger partial charge on any atom is 0.305 e. The van der Waals surface area contributed by atoms with Gasteiger partial charge in [0.15, 0.2) is 0 Å². The molecule has 2 aliphatic rings. The van der Waals surface area contributed by atoms with Crippen LogP contribution in [0.1, 0.15) is 74.5 Å². The number of unbranched alkanes of at least 4 members (excludes halogenated alkanes) is 1. The van der Waals surface area contributed by atoms with E-state index in [1.54, 1.807) is 0 Å². The molecule has 4 N–H and O–H groups in total. The number of hydrogen-bond donors (Lipinski definition) is 4. The predicted octanol–water partition coefficient (Wildman–Crippen LogP) is 7.40. The highest BCUT2D eigenvalue weighted by atomic mass is 16.6. The Morgan fingerprint density at radius 2 is 1.84 bits per heavy atom. The number of aryl methyl sites for hydroxylation is 2. The summed E-state index contributed by atoms with van der Waals surface area (Å²) in [6, 6.07) is 25.3. The van der Waals surface area contributed by atoms with Crippen LogP contribution in [-0.4, -0.2) is 81.8 Å². The van der Waals surface area contributed by atoms with Gasteiger partial charge < -0.3 is 30.1 Å². The van der Waals surface area contributed by atoms with Crippen LogP contribution >= 0.6 is 0 Å². The van der Waals surface area contributed by atoms with Gasteiger partial charge in [-0.2, -0.15) is 0 Å². The molecular formula is C46H59N3O6. The van der Waals surface area contributed by atoms with Crippen molar-refractivity contribution < 1.29 is 29.6 Å². The number of ether oxygens (including phenoxy) is 2. The van der Waals surface area contributed by atoms with Crippen molar-refractivity contribution in [1.82, 2.24) is 9.88 Å². The van der Waals surface area contributed by atoms with E-state index in [0.29, 0.717) is 57.6 Å². The Kier molecular flexibility index (Phi) is 15.1. The lowest BCUT2D eigenvalue weighted by atomic mass is 9.85. The zero-order valence-corrected chi connectivity index (χ0v) is 32.3. The van der Waals surface area contributed by atoms with Gasteiger partial charge in [0.05, 0.1) is 18.3 Å². The van der Waals surface area contributed by atoms with Gasteiger partial charge in [0, 0.05) is 61.0 Å². The molecule has 0 radical (unpaired) electrons. The summed E-state index contributed by atoms with van der Waals surface area (Å²) in [5.41, 5.74) is 4.62. The van der Waals surface area contributed by atoms with E-state index >= 15 is 0 Å². The smallest absolute Gasteiger partial charge is 0.305 e. The van der Waals surface area contributed by atoms with Gasteiger partial charge >= 0.3 is 5.97 Å². The van der Waals surface area contributed by atoms with Gasteiger partial charge in [-0.05, 0) is 111 Å². The number of esters is 1. The number of carbonyl (C=O) groups excluding carboxylic acids is 1. The monoisotopic (exact) mass is 749 g/mol. The van der Waals surface area contributed by atoms with Gasteiger partial charge in [-0.3, -0.25) is 14.7 Å². The molecule has 4 aromatic rings. The number of fused-ring (bicyclic) bond motifs is 1. The lowest BCUT2D eigenvalue weighted by Crippen LogP contribution is -2.26. The van der Waals surface area contributed by atoms with Crippen molar-refractivity contribution in [2.45, 2.75) is 102 Å². The average Bonchev–Trinajstić information content (AvgIpc) is 3.75. The number of aliphatic hydroxyl groups is 3. The average molecular weight is 750 g/mol. The number of benzene rings is 3. The highest BCUT2D eigenvalue weighted by Crippen LogP contribution is 2.38. The van der Waals surface area contributed by atoms with E-state index in [-0.39, 0.29) is 24.4 Å². The van der Waals surface area contributed by atoms with Crippen LogP contribution in [-0.2, 0) is 22.5 Å². The van der Waals surface area contributed by atoms with Crippen LogP contribution < -0.4 is 10.1 Å². The van der Waals surface area contributed by atoms with E-state index in [2.05, 4.69) is 82.0 Å². The third kappa shape index (κ3) is 12.1. The zero-order valence-electron chi connectivity index (χ0n) is 32.3. The molecule has 6 rings (SSSR count). The predicted molar refractivity (Wildman–Crippen MR) is 218 cm³/mol. The van der Waals surface area contributed by atoms with Gasteiger partial charge in [0.2, 0.25) is 0 Å². The second-order valence-electron chi connectivity index (χ2n) is 15.5. The molecule has 0 spiro atoms. The number of carbonyl (C=O) groups is 1. The van der Waals surface area contributed by atoms with Crippen molar-refractivity contribution in [2.75, 3.05) is 31.6 Å². The Morgan fingerprint density at radius 3 is 2.71 bits per heavy atom. The molecule has 6 atom stereocenters. The third-order valence-corrected chi connectivity index (χ3v) is 11.4. The van der Waals surface area contributed by atoms with E-state index in [1.807, 2.05) is 37.5 Å². The van der Waals surface area contributed by atoms with Gasteiger partial charge in [-0.15, -0.1) is 0 Å². The molecule has 1 saturated heterocycles. The second-order valence-corrected chi connectivity index (χ2v) is 15.5. The lowest BCUT2D eigenvalue weighted by Gasteiger charge is -2.23. The molecule has 294 valence electrons. The molecular weight excluding hydrogens is 691 g/mol. The maximum absolute atomic E-state index is 12.4. The van der Waals surface area contributed by atoms with Crippen molar-refractivity contribution in [3.05, 3.63) is 114 Å². The first kappa shape index (κ1) is 40.4. The van der Waals surface area contributed by atoms with E-state index < -0.39 is 18.3 Å². The fraction of sp³-hybridized carbons (Fsp3) is 0.478. The summed E-state index contributed by atoms with van der Waals surface area (Å²) < 4.78 is 11.5. The van der Waals surface area contributed by atoms with Gasteiger partial charge in [-0.25, -0.2) is 0 Å². The normalized spacial score (nSPS) is 22.0. The topological polar surface area (TPSA) is 124 Å². The second kappa shape index (κ2) is 20.6. The lowest BCUT2D eigenvalue weighted by molar-refractivity contribution is -0.144. The van der Waals surface area contributed by atoms with Crippen LogP contribution in [0, 0.1) is 18.8 Å². The number of rotatable bonds is 20. The highest BCUT2D eigenvalue weighted by Gasteiger charge is 2.40. The molecule has 2 fully saturated rings. The zero-order chi connectivity index (χ0) is 38.4. The molecule has 3 aromatic carbocycles. The molecule has 9 heteroatoms. The fourth-order valence-electron chi connectivity index (χ4n) is 8.25. The summed E-state index contributed by atoms with van der Waals surface area (Å²) in [6.07, 6.45) is 13.0. The van der Waals surface area contributed by atoms with Crippen LogP contribution in [0.5, 0.6) is 5.75 Å². The summed E-state index contributed by atoms with van der Waals surface area (Å²) in [6.45, 7) is 5.37. The van der Waals surface area contributed by atoms with Crippen molar-refractivity contribution in [3.63, 3.8) is 0 Å². The molecule has 0 bridgehead atoms. The first-order valence-electron chi connectivity index (χ1n) is 20.2. The Bertz CT molecular complexity index is 1810. The number of anilines is 1. The minimum absolute atomic E-state index is 0.0312. The Labute approximate surface area is 326 Å². The fourth-order valence-corrected chi connectivity index (χ4v) is 8.25. The van der Waals surface area contributed by atoms with Gasteiger partial charge in [0.1, 0.15) is 19.0 Å². The molecule has 1 aliphatic heterocycles. The quantitative estimate of drug-likeness (QED) is 0.0416. The van der Waals surface area contributed by atoms with E-state index in [4.69, 9.17) is 9.47 Å². The largest absolute Gasteiger partial charge is 0.490 e. The molecule has 1 aromatic heterocycles. The standard InChI is InChI=1S/C46H59N3O6/c1-33-16-17-35(31-49-25-23-37(32-49)48-42-14-9-12-36-30-47-24-22-39(36)42)28-45(33)54-26-27-55-46(53)15-8-3-2-7-13-40-41(44(52)29-43(40)51)21-20-38(50)19-18-34-10-5-4-6-11-34/h2,4-7,9-12,14,16-17,22,24,28,30,37-38,40-41,43-44,48,50-52H,3,8,13,15,18-21,23,25-27,29,31-32H2,1H3/t37?,38?,40-,41-,43+,44-/m1/s1. The summed E-state index contributed by atoms with van der Waals surface area (Å²) in [4.78, 5) is 19.1. The van der Waals surface area contributed by atoms with Crippen LogP contribution in [0.3, 0.4) is 0 Å². The number of likely N-dealkylation sites (tertiary alicyclic amines) is 1. The van der Waals surface area contributed by atoms with Crippen LogP contribution in [0.15, 0.2) is 97.3 Å². The number of hydrogen-bond acceptors (Lipinski definition) is 9. The number of allylic oxidation sites excluding steroid dienone is 2. The molecule has 9 nitrogen and oxygen atoms in total. The van der Waals surface area contributed by atoms with Crippen molar-refractivity contribution in [3.8, 4) is 5.75 Å². The van der Waals surface area contributed by atoms with Crippen LogP contribution in [0.2, 0.25) is 0 Å². The number of nitrogens with zero attached hydrogens (tertiary/aromatic N) is 2. The van der Waals surface area contributed by atoms with Crippen LogP contribution in [0.25, 0.3) is 10.8 Å². The Morgan fingerprint density at radius 1 is 0.982 bits per heavy atom. The molecule has 55 heavy (non-hydrogen) atoms. The maximum atomic E-state index is 12.4. The SMILES string of the molecule is Cc1ccc(CN2CCC(Nc3cccc4cnccc34)C2)cc1OCCOC(=O)CCCC=CC[C@@H]1[C@@H](CCC(O)CCc2ccccc2)[C@H](O)C[C@@H]1O. The van der Waals surface area contributed by atoms with E-state index in [9.17, 15) is 20.1 Å². The number of aliphatic hydroxyl groups excluding tert-OH is 3. The minimum Gasteiger partial charge on any atom is -0.490 e. The summed E-state index contributed by atoms with van der Waals surface area (Å²) in [5, 5.41) is 37.9. The van der Waals surface area contributed by atoms with Crippen LogP contribution in [0.4, 0.5) is 5.69 Å². The van der Waals surface area contributed by atoms with Crippen molar-refractivity contribution in [1.29, 1.82) is 0 Å². The Hall–Kier alpha value is -4.28. The van der Waals surface area contributed by atoms with E-state index in [0.717, 1.165) is 61.3 Å². The van der Waals surface area contributed by atoms with Crippen molar-refractivity contribution in [2.24, 2.45) is 11.8 Å². The molecule has 1 saturated carbocycles. The number of nitrogens with one attached hydrogen (secondary N) is 1. The van der Waals surface area contributed by atoms with E-state index in [1.165, 1.54) is 16.5 Å². The third-order valence-electron chi connectivity index (χ3n) is 11.4. The summed E-state index contributed by atoms with van der Waals surface area (Å²) >= 11 is 0. The first-order chi connectivity index (χ1) is 26.8. The van der Waals surface area contributed by atoms with Gasteiger partial charge in [0.25, 0.3) is 0 Å². The number of aromatic nitrogens is 1. The molecule has 1 aliphatic carbocycles. The van der Waals surface area contributed by atoms with Gasteiger partial charge in [-0.1, -0.05) is 66.7 Å². The Balaban J connectivity index is 0.838. The first-order valence-corrected chi connectivity index (χ1v) is 20.2. The molecule has 2 unspecified atom stereocenters. The molecule has 0 amide bonds. The molecule has 2 heterocycles. The number of pyridine rings is 1.